The van der Waals surface area contributed by atoms with E-state index in [9.17, 15) is 9.90 Å². The molecule has 2 rings (SSSR count). The number of hydrogen-bond donors (Lipinski definition) is 1. The first-order chi connectivity index (χ1) is 10.1. The molecule has 1 unspecified atom stereocenters. The Labute approximate surface area is 140 Å². The van der Waals surface area contributed by atoms with Crippen LogP contribution in [0, 0.1) is 6.92 Å². The molecule has 1 N–H and O–H groups in total. The number of hydrogen-bond acceptors (Lipinski definition) is 4. The van der Waals surface area contributed by atoms with Crippen molar-refractivity contribution in [3.8, 4) is 0 Å². The molecular formula is C15H25BrN4O2. The molecule has 1 fully saturated rings. The summed E-state index contributed by atoms with van der Waals surface area (Å²) in [5.41, 5.74) is 0.836. The van der Waals surface area contributed by atoms with Gasteiger partial charge in [0, 0.05) is 38.8 Å². The summed E-state index contributed by atoms with van der Waals surface area (Å²) in [6, 6.07) is -0.664. The second-order valence-corrected chi connectivity index (χ2v) is 7.58. The molecule has 0 spiro atoms. The highest BCUT2D eigenvalue weighted by atomic mass is 79.9. The predicted molar refractivity (Wildman–Crippen MR) is 88.9 cm³/mol. The Balaban J connectivity index is 2.23. The number of aryl methyl sites for hydroxylation is 1. The summed E-state index contributed by atoms with van der Waals surface area (Å²) in [6.07, 6.45) is 0. The Morgan fingerprint density at radius 1 is 1.27 bits per heavy atom. The summed E-state index contributed by atoms with van der Waals surface area (Å²) in [5, 5.41) is 9.75. The van der Waals surface area contributed by atoms with E-state index in [1.807, 2.05) is 23.4 Å². The summed E-state index contributed by atoms with van der Waals surface area (Å²) in [6.45, 7) is 11.7. The van der Waals surface area contributed by atoms with Crippen LogP contribution in [0.1, 0.15) is 38.3 Å². The maximum Gasteiger partial charge on any atom is 0.327 e. The second-order valence-electron chi connectivity index (χ2n) is 6.83. The minimum absolute atomic E-state index is 0.120. The molecule has 0 aliphatic carbocycles. The lowest BCUT2D eigenvalue weighted by molar-refractivity contribution is -0.145. The average molecular weight is 373 g/mol. The maximum absolute atomic E-state index is 11.9. The molecule has 0 amide bonds. The maximum atomic E-state index is 11.9. The third-order valence-electron chi connectivity index (χ3n) is 4.44. The molecule has 6 nitrogen and oxygen atoms in total. The number of carboxylic acids is 1. The minimum atomic E-state index is -0.826. The molecule has 1 atom stereocenters. The van der Waals surface area contributed by atoms with Gasteiger partial charge in [-0.3, -0.25) is 14.6 Å². The van der Waals surface area contributed by atoms with Crippen LogP contribution < -0.4 is 0 Å². The molecule has 124 valence electrons. The van der Waals surface area contributed by atoms with Crippen LogP contribution >= 0.6 is 15.9 Å². The van der Waals surface area contributed by atoms with E-state index in [0.717, 1.165) is 32.0 Å². The Hall–Kier alpha value is -0.920. The van der Waals surface area contributed by atoms with Crippen LogP contribution in [-0.4, -0.2) is 62.1 Å². The lowest BCUT2D eigenvalue weighted by atomic mass is 10.0. The van der Waals surface area contributed by atoms with Crippen LogP contribution in [-0.2, 0) is 11.8 Å². The number of aromatic nitrogens is 2. The SMILES string of the molecule is Cc1nc(Br)c(C(C(=O)O)N2CCN(C(C)(C)C)CC2)n1C. The Bertz CT molecular complexity index is 557. The van der Waals surface area contributed by atoms with Crippen LogP contribution in [0.15, 0.2) is 4.60 Å². The van der Waals surface area contributed by atoms with Crippen molar-refractivity contribution in [3.05, 3.63) is 16.1 Å². The van der Waals surface area contributed by atoms with Gasteiger partial charge in [-0.05, 0) is 43.6 Å². The van der Waals surface area contributed by atoms with Crippen molar-refractivity contribution in [2.45, 2.75) is 39.3 Å². The molecule has 2 heterocycles. The molecule has 1 aliphatic rings. The van der Waals surface area contributed by atoms with Crippen LogP contribution in [0.4, 0.5) is 0 Å². The van der Waals surface area contributed by atoms with Crippen molar-refractivity contribution < 1.29 is 9.90 Å². The standard InChI is InChI=1S/C15H25BrN4O2/c1-10-17-13(16)11(18(10)5)12(14(21)22)19-6-8-20(9-7-19)15(2,3)4/h12H,6-9H2,1-5H3,(H,21,22). The molecule has 7 heteroatoms. The van der Waals surface area contributed by atoms with Crippen molar-refractivity contribution in [1.29, 1.82) is 0 Å². The number of rotatable bonds is 3. The van der Waals surface area contributed by atoms with Crippen molar-refractivity contribution in [2.75, 3.05) is 26.2 Å². The number of carboxylic acid groups (broad SMARTS) is 1. The van der Waals surface area contributed by atoms with Gasteiger partial charge in [0.05, 0.1) is 5.69 Å². The van der Waals surface area contributed by atoms with Gasteiger partial charge in [-0.2, -0.15) is 0 Å². The number of piperazine rings is 1. The van der Waals surface area contributed by atoms with Crippen molar-refractivity contribution in [2.24, 2.45) is 7.05 Å². The number of carbonyl (C=O) groups is 1. The zero-order valence-corrected chi connectivity index (χ0v) is 15.5. The zero-order chi connectivity index (χ0) is 16.7. The summed E-state index contributed by atoms with van der Waals surface area (Å²) in [5.74, 6) is -0.0191. The quantitative estimate of drug-likeness (QED) is 0.879. The van der Waals surface area contributed by atoms with Gasteiger partial charge in [0.2, 0.25) is 0 Å². The second kappa shape index (κ2) is 6.29. The number of nitrogens with zero attached hydrogens (tertiary/aromatic N) is 4. The largest absolute Gasteiger partial charge is 0.480 e. The molecule has 0 aromatic carbocycles. The summed E-state index contributed by atoms with van der Waals surface area (Å²) in [7, 11) is 1.86. The zero-order valence-electron chi connectivity index (χ0n) is 13.9. The first kappa shape index (κ1) is 17.4. The molecule has 1 aromatic rings. The topological polar surface area (TPSA) is 61.6 Å². The first-order valence-corrected chi connectivity index (χ1v) is 8.33. The molecule has 1 saturated heterocycles. The highest BCUT2D eigenvalue weighted by Gasteiger charge is 2.36. The summed E-state index contributed by atoms with van der Waals surface area (Å²) >= 11 is 3.41. The predicted octanol–water partition coefficient (Wildman–Crippen LogP) is 2.03. The van der Waals surface area contributed by atoms with Crippen LogP contribution in [0.2, 0.25) is 0 Å². The van der Waals surface area contributed by atoms with Gasteiger partial charge in [-0.25, -0.2) is 4.98 Å². The molecular weight excluding hydrogens is 348 g/mol. The van der Waals surface area contributed by atoms with Crippen molar-refractivity contribution in [3.63, 3.8) is 0 Å². The molecule has 0 bridgehead atoms. The van der Waals surface area contributed by atoms with Gasteiger partial charge >= 0.3 is 5.97 Å². The number of halogens is 1. The van der Waals surface area contributed by atoms with Gasteiger partial charge in [-0.1, -0.05) is 0 Å². The van der Waals surface area contributed by atoms with E-state index in [-0.39, 0.29) is 5.54 Å². The van der Waals surface area contributed by atoms with Crippen molar-refractivity contribution in [1.82, 2.24) is 19.4 Å². The first-order valence-electron chi connectivity index (χ1n) is 7.53. The number of aliphatic carboxylic acids is 1. The number of imidazole rings is 1. The molecule has 1 aliphatic heterocycles. The van der Waals surface area contributed by atoms with E-state index < -0.39 is 12.0 Å². The molecule has 0 saturated carbocycles. The Morgan fingerprint density at radius 2 is 1.82 bits per heavy atom. The van der Waals surface area contributed by atoms with E-state index in [0.29, 0.717) is 10.3 Å². The van der Waals surface area contributed by atoms with Gasteiger partial charge in [0.25, 0.3) is 0 Å². The van der Waals surface area contributed by atoms with E-state index >= 15 is 0 Å². The van der Waals surface area contributed by atoms with Gasteiger partial charge < -0.3 is 9.67 Å². The van der Waals surface area contributed by atoms with Crippen molar-refractivity contribution >= 4 is 21.9 Å². The normalized spacial score (nSPS) is 19.4. The van der Waals surface area contributed by atoms with E-state index in [4.69, 9.17) is 0 Å². The lowest BCUT2D eigenvalue weighted by Gasteiger charge is -2.43. The molecule has 22 heavy (non-hydrogen) atoms. The fraction of sp³-hybridized carbons (Fsp3) is 0.733. The van der Waals surface area contributed by atoms with Gasteiger partial charge in [0.1, 0.15) is 10.4 Å². The highest BCUT2D eigenvalue weighted by molar-refractivity contribution is 9.10. The monoisotopic (exact) mass is 372 g/mol. The molecule has 0 radical (unpaired) electrons. The van der Waals surface area contributed by atoms with E-state index in [1.54, 1.807) is 0 Å². The van der Waals surface area contributed by atoms with E-state index in [1.165, 1.54) is 0 Å². The van der Waals surface area contributed by atoms with Crippen LogP contribution in [0.3, 0.4) is 0 Å². The third-order valence-corrected chi connectivity index (χ3v) is 5.02. The fourth-order valence-electron chi connectivity index (χ4n) is 2.98. The van der Waals surface area contributed by atoms with Crippen LogP contribution in [0.25, 0.3) is 0 Å². The average Bonchev–Trinajstić information content (AvgIpc) is 2.65. The third kappa shape index (κ3) is 3.36. The van der Waals surface area contributed by atoms with Gasteiger partial charge in [-0.15, -0.1) is 0 Å². The Morgan fingerprint density at radius 3 is 2.18 bits per heavy atom. The smallest absolute Gasteiger partial charge is 0.327 e. The van der Waals surface area contributed by atoms with E-state index in [2.05, 4.69) is 46.6 Å². The Kier molecular flexibility index (Phi) is 4.99. The van der Waals surface area contributed by atoms with Crippen LogP contribution in [0.5, 0.6) is 0 Å². The summed E-state index contributed by atoms with van der Waals surface area (Å²) in [4.78, 5) is 20.6. The highest BCUT2D eigenvalue weighted by Crippen LogP contribution is 2.30. The summed E-state index contributed by atoms with van der Waals surface area (Å²) < 4.78 is 2.48. The molecule has 1 aromatic heterocycles. The lowest BCUT2D eigenvalue weighted by Crippen LogP contribution is -2.55. The van der Waals surface area contributed by atoms with Gasteiger partial charge in [0.15, 0.2) is 6.04 Å². The minimum Gasteiger partial charge on any atom is -0.480 e. The fourth-order valence-corrected chi connectivity index (χ4v) is 3.72.